The smallest absolute Gasteiger partial charge is 0.248 e. The monoisotopic (exact) mass is 411 g/mol. The van der Waals surface area contributed by atoms with E-state index in [1.807, 2.05) is 48.9 Å². The summed E-state index contributed by atoms with van der Waals surface area (Å²) in [5, 5.41) is 11.7. The van der Waals surface area contributed by atoms with E-state index in [-0.39, 0.29) is 17.8 Å². The van der Waals surface area contributed by atoms with Crippen molar-refractivity contribution < 1.29 is 14.3 Å². The highest BCUT2D eigenvalue weighted by atomic mass is 32.2. The quantitative estimate of drug-likeness (QED) is 0.551. The van der Waals surface area contributed by atoms with E-state index in [4.69, 9.17) is 10.5 Å². The summed E-state index contributed by atoms with van der Waals surface area (Å²) in [4.78, 5) is 23.3. The number of nitrogens with two attached hydrogens (primary N) is 1. The van der Waals surface area contributed by atoms with Crippen LogP contribution in [0.4, 0.5) is 5.69 Å². The molecule has 2 aromatic carbocycles. The van der Waals surface area contributed by atoms with Gasteiger partial charge >= 0.3 is 0 Å². The molecule has 3 aromatic rings. The molecule has 29 heavy (non-hydrogen) atoms. The second kappa shape index (κ2) is 9.24. The van der Waals surface area contributed by atoms with E-state index in [0.717, 1.165) is 5.75 Å². The first-order chi connectivity index (χ1) is 13.9. The molecule has 0 unspecified atom stereocenters. The van der Waals surface area contributed by atoms with Crippen molar-refractivity contribution in [3.63, 3.8) is 0 Å². The minimum atomic E-state index is -0.512. The van der Waals surface area contributed by atoms with Crippen LogP contribution in [0, 0.1) is 0 Å². The van der Waals surface area contributed by atoms with Crippen LogP contribution in [-0.2, 0) is 11.8 Å². The molecule has 3 rings (SSSR count). The normalized spacial score (nSPS) is 11.7. The van der Waals surface area contributed by atoms with Gasteiger partial charge in [-0.05, 0) is 43.3 Å². The number of benzene rings is 2. The summed E-state index contributed by atoms with van der Waals surface area (Å²) < 4.78 is 7.69. The van der Waals surface area contributed by atoms with E-state index in [1.54, 1.807) is 24.3 Å². The van der Waals surface area contributed by atoms with Gasteiger partial charge in [0.25, 0.3) is 0 Å². The molecule has 8 nitrogen and oxygen atoms in total. The average molecular weight is 411 g/mol. The minimum Gasteiger partial charge on any atom is -0.483 e. The molecule has 150 valence electrons. The van der Waals surface area contributed by atoms with Gasteiger partial charge in [0.2, 0.25) is 11.8 Å². The number of anilines is 1. The van der Waals surface area contributed by atoms with Gasteiger partial charge in [0, 0.05) is 18.3 Å². The summed E-state index contributed by atoms with van der Waals surface area (Å²) in [7, 11) is 1.84. The highest BCUT2D eigenvalue weighted by Crippen LogP contribution is 2.23. The first kappa shape index (κ1) is 20.4. The molecule has 0 bridgehead atoms. The Morgan fingerprint density at radius 2 is 1.83 bits per heavy atom. The standard InChI is InChI=1S/C20H21N5O3S/c1-13(28-16-6-4-3-5-7-16)19-23-24-20(25(19)2)29-12-17(26)22-15-10-8-14(9-11-15)18(21)27/h3-11,13H,12H2,1-2H3,(H2,21,27)(H,22,26)/t13-/m0/s1. The summed E-state index contributed by atoms with van der Waals surface area (Å²) in [6.07, 6.45) is -0.290. The second-order valence-corrected chi connectivity index (χ2v) is 7.19. The lowest BCUT2D eigenvalue weighted by atomic mass is 10.2. The van der Waals surface area contributed by atoms with Crippen LogP contribution >= 0.6 is 11.8 Å². The highest BCUT2D eigenvalue weighted by Gasteiger charge is 2.18. The molecule has 9 heteroatoms. The maximum atomic E-state index is 12.2. The number of carbonyl (C=O) groups is 2. The molecule has 0 saturated carbocycles. The first-order valence-corrected chi connectivity index (χ1v) is 9.86. The van der Waals surface area contributed by atoms with Crippen LogP contribution in [0.25, 0.3) is 0 Å². The van der Waals surface area contributed by atoms with Crippen molar-refractivity contribution in [2.75, 3.05) is 11.1 Å². The van der Waals surface area contributed by atoms with Gasteiger partial charge < -0.3 is 20.4 Å². The lowest BCUT2D eigenvalue weighted by Gasteiger charge is -2.14. The average Bonchev–Trinajstić information content (AvgIpc) is 3.08. The summed E-state index contributed by atoms with van der Waals surface area (Å²) in [6.45, 7) is 1.90. The molecule has 0 saturated heterocycles. The third-order valence-electron chi connectivity index (χ3n) is 4.07. The third-order valence-corrected chi connectivity index (χ3v) is 5.09. The number of aromatic nitrogens is 3. The van der Waals surface area contributed by atoms with Crippen molar-refractivity contribution in [1.29, 1.82) is 0 Å². The Morgan fingerprint density at radius 3 is 2.48 bits per heavy atom. The molecular weight excluding hydrogens is 390 g/mol. The van der Waals surface area contributed by atoms with Gasteiger partial charge in [-0.1, -0.05) is 30.0 Å². The van der Waals surface area contributed by atoms with Crippen LogP contribution < -0.4 is 15.8 Å². The summed E-state index contributed by atoms with van der Waals surface area (Å²) in [5.74, 6) is 0.872. The fourth-order valence-corrected chi connectivity index (χ4v) is 3.32. The molecule has 1 heterocycles. The Labute approximate surface area is 172 Å². The van der Waals surface area contributed by atoms with Crippen LogP contribution in [0.2, 0.25) is 0 Å². The molecule has 3 N–H and O–H groups in total. The molecule has 0 spiro atoms. The third kappa shape index (κ3) is 5.35. The van der Waals surface area contributed by atoms with Gasteiger partial charge in [-0.15, -0.1) is 10.2 Å². The number of nitrogens with one attached hydrogen (secondary N) is 1. The van der Waals surface area contributed by atoms with Crippen molar-refractivity contribution in [1.82, 2.24) is 14.8 Å². The fourth-order valence-electron chi connectivity index (χ4n) is 2.61. The van der Waals surface area contributed by atoms with Gasteiger partial charge in [-0.2, -0.15) is 0 Å². The predicted molar refractivity (Wildman–Crippen MR) is 111 cm³/mol. The zero-order valence-corrected chi connectivity index (χ0v) is 16.8. The van der Waals surface area contributed by atoms with E-state index in [2.05, 4.69) is 15.5 Å². The number of thioether (sulfide) groups is 1. The summed E-state index contributed by atoms with van der Waals surface area (Å²) in [6, 6.07) is 15.9. The maximum Gasteiger partial charge on any atom is 0.248 e. The van der Waals surface area contributed by atoms with E-state index in [9.17, 15) is 9.59 Å². The Hall–Kier alpha value is -3.33. The van der Waals surface area contributed by atoms with Crippen molar-refractivity contribution >= 4 is 29.3 Å². The topological polar surface area (TPSA) is 112 Å². The second-order valence-electron chi connectivity index (χ2n) is 6.25. The van der Waals surface area contributed by atoms with Crippen LogP contribution in [0.1, 0.15) is 29.2 Å². The Kier molecular flexibility index (Phi) is 6.50. The van der Waals surface area contributed by atoms with Crippen LogP contribution in [0.15, 0.2) is 59.8 Å². The van der Waals surface area contributed by atoms with Crippen molar-refractivity contribution in [3.05, 3.63) is 66.0 Å². The molecule has 0 aliphatic heterocycles. The first-order valence-electron chi connectivity index (χ1n) is 8.87. The summed E-state index contributed by atoms with van der Waals surface area (Å²) >= 11 is 1.27. The number of para-hydroxylation sites is 1. The number of hydrogen-bond donors (Lipinski definition) is 2. The van der Waals surface area contributed by atoms with E-state index < -0.39 is 5.91 Å². The SMILES string of the molecule is C[C@H](Oc1ccccc1)c1nnc(SCC(=O)Nc2ccc(C(N)=O)cc2)n1C. The Bertz CT molecular complexity index is 989. The number of nitrogens with zero attached hydrogens (tertiary/aromatic N) is 3. The van der Waals surface area contributed by atoms with Gasteiger partial charge in [0.15, 0.2) is 17.1 Å². The van der Waals surface area contributed by atoms with E-state index >= 15 is 0 Å². The van der Waals surface area contributed by atoms with Gasteiger partial charge in [-0.25, -0.2) is 0 Å². The molecular formula is C20H21N5O3S. The Balaban J connectivity index is 1.55. The van der Waals surface area contributed by atoms with E-state index in [1.165, 1.54) is 11.8 Å². The number of rotatable bonds is 8. The van der Waals surface area contributed by atoms with Gasteiger partial charge in [0.1, 0.15) is 5.75 Å². The van der Waals surface area contributed by atoms with E-state index in [0.29, 0.717) is 22.2 Å². The maximum absolute atomic E-state index is 12.2. The van der Waals surface area contributed by atoms with Crippen LogP contribution in [0.5, 0.6) is 5.75 Å². The Morgan fingerprint density at radius 1 is 1.14 bits per heavy atom. The van der Waals surface area contributed by atoms with Gasteiger partial charge in [0.05, 0.1) is 5.75 Å². The lowest BCUT2D eigenvalue weighted by molar-refractivity contribution is -0.113. The van der Waals surface area contributed by atoms with Crippen molar-refractivity contribution in [2.24, 2.45) is 12.8 Å². The van der Waals surface area contributed by atoms with Crippen molar-refractivity contribution in [3.8, 4) is 5.75 Å². The lowest BCUT2D eigenvalue weighted by Crippen LogP contribution is -2.15. The molecule has 0 aliphatic rings. The van der Waals surface area contributed by atoms with Crippen LogP contribution in [0.3, 0.4) is 0 Å². The van der Waals surface area contributed by atoms with Crippen LogP contribution in [-0.4, -0.2) is 32.3 Å². The fraction of sp³-hybridized carbons (Fsp3) is 0.200. The zero-order valence-electron chi connectivity index (χ0n) is 16.0. The largest absolute Gasteiger partial charge is 0.483 e. The molecule has 0 aliphatic carbocycles. The molecule has 2 amide bonds. The number of amides is 2. The zero-order chi connectivity index (χ0) is 20.8. The number of carbonyl (C=O) groups excluding carboxylic acids is 2. The number of ether oxygens (including phenoxy) is 1. The summed E-state index contributed by atoms with van der Waals surface area (Å²) in [5.41, 5.74) is 6.18. The number of hydrogen-bond acceptors (Lipinski definition) is 6. The van der Waals surface area contributed by atoms with Gasteiger partial charge in [-0.3, -0.25) is 9.59 Å². The number of primary amides is 1. The molecule has 1 atom stereocenters. The molecule has 1 aromatic heterocycles. The van der Waals surface area contributed by atoms with Crippen molar-refractivity contribution in [2.45, 2.75) is 18.2 Å². The predicted octanol–water partition coefficient (Wildman–Crippen LogP) is 2.78. The molecule has 0 radical (unpaired) electrons. The minimum absolute atomic E-state index is 0.164. The highest BCUT2D eigenvalue weighted by molar-refractivity contribution is 7.99. The molecule has 0 fully saturated rings.